The molecule has 0 saturated carbocycles. The Balaban J connectivity index is 1.29. The molecule has 3 amide bonds. The fourth-order valence-corrected chi connectivity index (χ4v) is 5.23. The molecule has 4 aliphatic rings. The largest absolute Gasteiger partial charge is 0.342 e. The van der Waals surface area contributed by atoms with E-state index in [9.17, 15) is 14.4 Å². The van der Waals surface area contributed by atoms with Crippen molar-refractivity contribution >= 4 is 17.7 Å². The number of quaternary nitrogens is 1. The Kier molecular flexibility index (Phi) is 5.62. The van der Waals surface area contributed by atoms with Crippen molar-refractivity contribution < 1.29 is 19.3 Å². The van der Waals surface area contributed by atoms with E-state index in [4.69, 9.17) is 0 Å². The second-order valence-corrected chi connectivity index (χ2v) is 8.68. The molecular weight excluding hydrogens is 342 g/mol. The fourth-order valence-electron chi connectivity index (χ4n) is 5.23. The predicted octanol–water partition coefficient (Wildman–Crippen LogP) is 0.593. The lowest BCUT2D eigenvalue weighted by molar-refractivity contribution is -0.913. The van der Waals surface area contributed by atoms with Gasteiger partial charge in [-0.1, -0.05) is 25.0 Å². The molecule has 0 aromatic heterocycles. The second kappa shape index (κ2) is 8.13. The van der Waals surface area contributed by atoms with Crippen molar-refractivity contribution in [2.24, 2.45) is 17.8 Å². The molecule has 0 radical (unpaired) electrons. The smallest absolute Gasteiger partial charge is 0.237 e. The first-order valence-corrected chi connectivity index (χ1v) is 10.8. The average Bonchev–Trinajstić information content (AvgIpc) is 2.91. The summed E-state index contributed by atoms with van der Waals surface area (Å²) in [6.45, 7) is 4.05. The minimum atomic E-state index is -0.135. The zero-order valence-corrected chi connectivity index (χ0v) is 16.2. The summed E-state index contributed by atoms with van der Waals surface area (Å²) in [6, 6.07) is 0. The van der Waals surface area contributed by atoms with Crippen LogP contribution in [0.25, 0.3) is 0 Å². The Morgan fingerprint density at radius 1 is 0.926 bits per heavy atom. The summed E-state index contributed by atoms with van der Waals surface area (Å²) >= 11 is 0. The normalized spacial score (nSPS) is 34.5. The van der Waals surface area contributed by atoms with E-state index < -0.39 is 0 Å². The molecule has 148 valence electrons. The summed E-state index contributed by atoms with van der Waals surface area (Å²) in [6.07, 6.45) is 11.9. The number of nitrogens with one attached hydrogen (secondary N) is 1. The van der Waals surface area contributed by atoms with Gasteiger partial charge in [0.25, 0.3) is 0 Å². The van der Waals surface area contributed by atoms with E-state index in [0.29, 0.717) is 25.4 Å². The molecule has 2 atom stereocenters. The van der Waals surface area contributed by atoms with Crippen molar-refractivity contribution in [1.29, 1.82) is 0 Å². The molecule has 3 heterocycles. The van der Waals surface area contributed by atoms with Crippen molar-refractivity contribution in [3.8, 4) is 0 Å². The van der Waals surface area contributed by atoms with Crippen LogP contribution in [0.5, 0.6) is 0 Å². The SMILES string of the molecule is O=C(C1CC[NH+](CN2C(=O)[C@@H]3CC=CC[C@H]3C2=O)CC1)N1CCCCCC1. The number of carbonyl (C=O) groups excluding carboxylic acids is 3. The number of fused-ring (bicyclic) bond motifs is 1. The van der Waals surface area contributed by atoms with Crippen molar-refractivity contribution in [2.45, 2.75) is 51.4 Å². The highest BCUT2D eigenvalue weighted by molar-refractivity contribution is 6.05. The van der Waals surface area contributed by atoms with Gasteiger partial charge in [0, 0.05) is 31.8 Å². The van der Waals surface area contributed by atoms with E-state index in [1.54, 1.807) is 0 Å². The van der Waals surface area contributed by atoms with E-state index in [1.807, 2.05) is 12.2 Å². The number of imide groups is 1. The van der Waals surface area contributed by atoms with Crippen LogP contribution < -0.4 is 4.90 Å². The fraction of sp³-hybridized carbons (Fsp3) is 0.762. The van der Waals surface area contributed by atoms with E-state index in [-0.39, 0.29) is 29.6 Å². The molecule has 0 bridgehead atoms. The Morgan fingerprint density at radius 3 is 2.04 bits per heavy atom. The molecule has 6 heteroatoms. The molecule has 0 spiro atoms. The number of amides is 3. The first kappa shape index (κ1) is 18.7. The third-order valence-corrected chi connectivity index (χ3v) is 6.94. The summed E-state index contributed by atoms with van der Waals surface area (Å²) in [4.78, 5) is 42.9. The highest BCUT2D eigenvalue weighted by Crippen LogP contribution is 2.34. The first-order chi connectivity index (χ1) is 13.1. The standard InChI is InChI=1S/C21H31N3O3/c25-19(23-11-5-1-2-6-12-23)16-9-13-22(14-10-16)15-24-20(26)17-7-3-4-8-18(17)21(24)27/h3-4,16-18H,1-2,5-15H2/p+1/t17-,18-/m1/s1. The molecule has 27 heavy (non-hydrogen) atoms. The third-order valence-electron chi connectivity index (χ3n) is 6.94. The van der Waals surface area contributed by atoms with Gasteiger partial charge in [0.05, 0.1) is 24.9 Å². The number of piperidine rings is 1. The van der Waals surface area contributed by atoms with Gasteiger partial charge in [0.1, 0.15) is 0 Å². The molecule has 0 aromatic rings. The van der Waals surface area contributed by atoms with Crippen LogP contribution in [-0.2, 0) is 14.4 Å². The molecule has 1 aliphatic carbocycles. The third kappa shape index (κ3) is 3.82. The Labute approximate surface area is 161 Å². The first-order valence-electron chi connectivity index (χ1n) is 10.8. The topological polar surface area (TPSA) is 62.1 Å². The molecular formula is C21H32N3O3+. The lowest BCUT2D eigenvalue weighted by Gasteiger charge is -2.33. The van der Waals surface area contributed by atoms with Crippen LogP contribution in [0.1, 0.15) is 51.4 Å². The van der Waals surface area contributed by atoms with Gasteiger partial charge in [-0.15, -0.1) is 0 Å². The van der Waals surface area contributed by atoms with Gasteiger partial charge < -0.3 is 9.80 Å². The maximum absolute atomic E-state index is 12.8. The van der Waals surface area contributed by atoms with Crippen molar-refractivity contribution in [3.63, 3.8) is 0 Å². The van der Waals surface area contributed by atoms with Crippen molar-refractivity contribution in [1.82, 2.24) is 9.80 Å². The predicted molar refractivity (Wildman–Crippen MR) is 101 cm³/mol. The molecule has 3 saturated heterocycles. The number of allylic oxidation sites excluding steroid dienone is 2. The average molecular weight is 375 g/mol. The van der Waals surface area contributed by atoms with Gasteiger partial charge in [0.2, 0.25) is 17.7 Å². The zero-order chi connectivity index (χ0) is 18.8. The molecule has 3 fully saturated rings. The Hall–Kier alpha value is -1.69. The van der Waals surface area contributed by atoms with Gasteiger partial charge in [-0.2, -0.15) is 0 Å². The van der Waals surface area contributed by atoms with Crippen LogP contribution in [-0.4, -0.2) is 60.4 Å². The number of hydrogen-bond acceptors (Lipinski definition) is 3. The summed E-state index contributed by atoms with van der Waals surface area (Å²) < 4.78 is 0. The minimum absolute atomic E-state index is 0.0182. The Bertz CT molecular complexity index is 590. The van der Waals surface area contributed by atoms with Crippen LogP contribution in [0.15, 0.2) is 12.2 Å². The van der Waals surface area contributed by atoms with Crippen LogP contribution >= 0.6 is 0 Å². The molecule has 4 rings (SSSR count). The highest BCUT2D eigenvalue weighted by Gasteiger charge is 2.48. The van der Waals surface area contributed by atoms with Gasteiger partial charge in [-0.25, -0.2) is 4.90 Å². The lowest BCUT2D eigenvalue weighted by Crippen LogP contribution is -3.14. The molecule has 0 unspecified atom stereocenters. The molecule has 1 N–H and O–H groups in total. The van der Waals surface area contributed by atoms with Crippen LogP contribution in [0.4, 0.5) is 0 Å². The Morgan fingerprint density at radius 2 is 1.48 bits per heavy atom. The van der Waals surface area contributed by atoms with Gasteiger partial charge in [-0.3, -0.25) is 14.4 Å². The number of hydrogen-bond donors (Lipinski definition) is 1. The monoisotopic (exact) mass is 374 g/mol. The van der Waals surface area contributed by atoms with Crippen LogP contribution in [0.2, 0.25) is 0 Å². The molecule has 6 nitrogen and oxygen atoms in total. The van der Waals surface area contributed by atoms with Crippen LogP contribution in [0.3, 0.4) is 0 Å². The summed E-state index contributed by atoms with van der Waals surface area (Å²) in [5.41, 5.74) is 0. The van der Waals surface area contributed by atoms with E-state index in [2.05, 4.69) is 4.90 Å². The zero-order valence-electron chi connectivity index (χ0n) is 16.2. The molecule has 0 aromatic carbocycles. The van der Waals surface area contributed by atoms with Crippen LogP contribution in [0, 0.1) is 17.8 Å². The summed E-state index contributed by atoms with van der Waals surface area (Å²) in [7, 11) is 0. The number of likely N-dealkylation sites (tertiary alicyclic amines) is 3. The number of carbonyl (C=O) groups is 3. The second-order valence-electron chi connectivity index (χ2n) is 8.68. The van der Waals surface area contributed by atoms with Crippen molar-refractivity contribution in [3.05, 3.63) is 12.2 Å². The highest BCUT2D eigenvalue weighted by atomic mass is 16.2. The molecule has 3 aliphatic heterocycles. The summed E-state index contributed by atoms with van der Waals surface area (Å²) in [5, 5.41) is 0. The summed E-state index contributed by atoms with van der Waals surface area (Å²) in [5.74, 6) is 0.229. The van der Waals surface area contributed by atoms with Gasteiger partial charge in [0.15, 0.2) is 6.67 Å². The minimum Gasteiger partial charge on any atom is -0.342 e. The quantitative estimate of drug-likeness (QED) is 0.581. The van der Waals surface area contributed by atoms with Gasteiger partial charge >= 0.3 is 0 Å². The van der Waals surface area contributed by atoms with E-state index in [0.717, 1.165) is 51.9 Å². The maximum atomic E-state index is 12.8. The van der Waals surface area contributed by atoms with Gasteiger partial charge in [-0.05, 0) is 25.7 Å². The maximum Gasteiger partial charge on any atom is 0.237 e. The number of nitrogens with zero attached hydrogens (tertiary/aromatic N) is 2. The van der Waals surface area contributed by atoms with Crippen molar-refractivity contribution in [2.75, 3.05) is 32.8 Å². The van der Waals surface area contributed by atoms with E-state index >= 15 is 0 Å². The van der Waals surface area contributed by atoms with E-state index in [1.165, 1.54) is 22.6 Å². The lowest BCUT2D eigenvalue weighted by atomic mass is 9.85. The number of rotatable bonds is 3.